The van der Waals surface area contributed by atoms with E-state index in [0.29, 0.717) is 23.6 Å². The second-order valence-electron chi connectivity index (χ2n) is 8.07. The molecular formula is C17H33N3O. The first kappa shape index (κ1) is 15.7. The van der Waals surface area contributed by atoms with Crippen LogP contribution in [0, 0.1) is 11.8 Å². The Bertz CT molecular complexity index is 358. The molecule has 2 aliphatic heterocycles. The minimum atomic E-state index is 0.325. The lowest BCUT2D eigenvalue weighted by Crippen LogP contribution is -2.66. The van der Waals surface area contributed by atoms with Gasteiger partial charge in [-0.2, -0.15) is 0 Å². The van der Waals surface area contributed by atoms with Gasteiger partial charge in [-0.1, -0.05) is 13.8 Å². The number of ether oxygens (including phenoxy) is 1. The molecule has 0 amide bonds. The van der Waals surface area contributed by atoms with E-state index in [1.165, 1.54) is 19.4 Å². The van der Waals surface area contributed by atoms with Gasteiger partial charge < -0.3 is 15.0 Å². The molecule has 0 aromatic heterocycles. The number of nitrogens with one attached hydrogen (secondary N) is 1. The first-order valence-corrected chi connectivity index (χ1v) is 8.77. The van der Waals surface area contributed by atoms with Crippen LogP contribution in [0.15, 0.2) is 0 Å². The van der Waals surface area contributed by atoms with E-state index in [9.17, 15) is 0 Å². The number of morpholine rings is 1. The highest BCUT2D eigenvalue weighted by atomic mass is 16.5. The standard InChI is InChI=1S/C17H33N3O/c1-13(2)16-9-18-17(3,14-5-6-14)12-20(16)11-15-10-19(4)7-8-21-15/h13-16,18H,5-12H2,1-4H3. The second kappa shape index (κ2) is 6.15. The molecule has 2 saturated heterocycles. The zero-order chi connectivity index (χ0) is 15.0. The summed E-state index contributed by atoms with van der Waals surface area (Å²) < 4.78 is 6.02. The third kappa shape index (κ3) is 3.61. The molecule has 122 valence electrons. The molecule has 21 heavy (non-hydrogen) atoms. The number of rotatable bonds is 4. The predicted octanol–water partition coefficient (Wildman–Crippen LogP) is 1.42. The van der Waals surface area contributed by atoms with E-state index in [0.717, 1.165) is 38.7 Å². The van der Waals surface area contributed by atoms with Crippen molar-refractivity contribution in [2.45, 2.75) is 51.3 Å². The quantitative estimate of drug-likeness (QED) is 0.849. The summed E-state index contributed by atoms with van der Waals surface area (Å²) >= 11 is 0. The first-order chi connectivity index (χ1) is 9.98. The van der Waals surface area contributed by atoms with Crippen molar-refractivity contribution in [3.8, 4) is 0 Å². The van der Waals surface area contributed by atoms with Crippen LogP contribution in [-0.2, 0) is 4.74 Å². The van der Waals surface area contributed by atoms with E-state index in [1.807, 2.05) is 0 Å². The molecule has 3 fully saturated rings. The fourth-order valence-corrected chi connectivity index (χ4v) is 4.15. The van der Waals surface area contributed by atoms with E-state index in [4.69, 9.17) is 4.74 Å². The molecule has 0 aromatic carbocycles. The molecule has 1 aliphatic carbocycles. The number of hydrogen-bond donors (Lipinski definition) is 1. The summed E-state index contributed by atoms with van der Waals surface area (Å²) in [6.45, 7) is 13.6. The third-order valence-corrected chi connectivity index (χ3v) is 5.74. The third-order valence-electron chi connectivity index (χ3n) is 5.74. The van der Waals surface area contributed by atoms with Gasteiger partial charge in [0.2, 0.25) is 0 Å². The van der Waals surface area contributed by atoms with Crippen molar-refractivity contribution in [2.24, 2.45) is 11.8 Å². The van der Waals surface area contributed by atoms with Crippen LogP contribution in [-0.4, -0.2) is 73.9 Å². The van der Waals surface area contributed by atoms with Crippen molar-refractivity contribution in [3.63, 3.8) is 0 Å². The van der Waals surface area contributed by atoms with Crippen molar-refractivity contribution in [3.05, 3.63) is 0 Å². The Hall–Kier alpha value is -0.160. The van der Waals surface area contributed by atoms with Crippen LogP contribution in [0.25, 0.3) is 0 Å². The van der Waals surface area contributed by atoms with Gasteiger partial charge >= 0.3 is 0 Å². The molecule has 1 N–H and O–H groups in total. The molecule has 0 spiro atoms. The first-order valence-electron chi connectivity index (χ1n) is 8.77. The topological polar surface area (TPSA) is 27.7 Å². The van der Waals surface area contributed by atoms with E-state index >= 15 is 0 Å². The van der Waals surface area contributed by atoms with Gasteiger partial charge in [0.1, 0.15) is 0 Å². The Balaban J connectivity index is 1.65. The maximum Gasteiger partial charge on any atom is 0.0829 e. The lowest BCUT2D eigenvalue weighted by molar-refractivity contribution is -0.0571. The van der Waals surface area contributed by atoms with Crippen molar-refractivity contribution in [1.82, 2.24) is 15.1 Å². The maximum absolute atomic E-state index is 6.02. The molecule has 3 atom stereocenters. The summed E-state index contributed by atoms with van der Waals surface area (Å²) in [4.78, 5) is 5.13. The van der Waals surface area contributed by atoms with Crippen LogP contribution in [0.5, 0.6) is 0 Å². The minimum Gasteiger partial charge on any atom is -0.374 e. The van der Waals surface area contributed by atoms with Crippen LogP contribution in [0.4, 0.5) is 0 Å². The van der Waals surface area contributed by atoms with Crippen molar-refractivity contribution in [2.75, 3.05) is 46.4 Å². The highest BCUT2D eigenvalue weighted by molar-refractivity contribution is 5.04. The zero-order valence-corrected chi connectivity index (χ0v) is 14.3. The van der Waals surface area contributed by atoms with Crippen LogP contribution in [0.3, 0.4) is 0 Å². The van der Waals surface area contributed by atoms with Gasteiger partial charge in [0.25, 0.3) is 0 Å². The Morgan fingerprint density at radius 2 is 2.10 bits per heavy atom. The molecule has 0 radical (unpaired) electrons. The Labute approximate surface area is 130 Å². The van der Waals surface area contributed by atoms with Gasteiger partial charge in [-0.25, -0.2) is 0 Å². The molecule has 4 heteroatoms. The largest absolute Gasteiger partial charge is 0.374 e. The van der Waals surface area contributed by atoms with Gasteiger partial charge in [-0.3, -0.25) is 4.90 Å². The summed E-state index contributed by atoms with van der Waals surface area (Å²) in [5, 5.41) is 3.87. The van der Waals surface area contributed by atoms with Crippen molar-refractivity contribution >= 4 is 0 Å². The molecular weight excluding hydrogens is 262 g/mol. The SMILES string of the molecule is CC(C)C1CNC(C)(C2CC2)CN1CC1CN(C)CCO1. The molecule has 3 unspecified atom stereocenters. The van der Waals surface area contributed by atoms with Crippen LogP contribution < -0.4 is 5.32 Å². The summed E-state index contributed by atoms with van der Waals surface area (Å²) in [5.74, 6) is 1.59. The fraction of sp³-hybridized carbons (Fsp3) is 1.00. The van der Waals surface area contributed by atoms with Gasteiger partial charge in [0.15, 0.2) is 0 Å². The van der Waals surface area contributed by atoms with Crippen molar-refractivity contribution in [1.29, 1.82) is 0 Å². The molecule has 0 bridgehead atoms. The fourth-order valence-electron chi connectivity index (χ4n) is 4.15. The van der Waals surface area contributed by atoms with E-state index in [-0.39, 0.29) is 0 Å². The Morgan fingerprint density at radius 1 is 1.33 bits per heavy atom. The van der Waals surface area contributed by atoms with Crippen LogP contribution >= 0.6 is 0 Å². The zero-order valence-electron chi connectivity index (χ0n) is 14.3. The molecule has 3 rings (SSSR count). The Morgan fingerprint density at radius 3 is 2.71 bits per heavy atom. The van der Waals surface area contributed by atoms with Gasteiger partial charge in [0, 0.05) is 44.3 Å². The van der Waals surface area contributed by atoms with Crippen LogP contribution in [0.2, 0.25) is 0 Å². The summed E-state index contributed by atoms with van der Waals surface area (Å²) in [6, 6.07) is 0.646. The average molecular weight is 295 g/mol. The Kier molecular flexibility index (Phi) is 4.60. The summed E-state index contributed by atoms with van der Waals surface area (Å²) in [5.41, 5.74) is 0.325. The van der Waals surface area contributed by atoms with Crippen molar-refractivity contribution < 1.29 is 4.74 Å². The number of nitrogens with zero attached hydrogens (tertiary/aromatic N) is 2. The molecule has 0 aromatic rings. The van der Waals surface area contributed by atoms with Gasteiger partial charge in [-0.05, 0) is 38.6 Å². The number of likely N-dealkylation sites (N-methyl/N-ethyl adjacent to an activating group) is 1. The smallest absolute Gasteiger partial charge is 0.0829 e. The van der Waals surface area contributed by atoms with Gasteiger partial charge in [0.05, 0.1) is 12.7 Å². The van der Waals surface area contributed by atoms with Crippen LogP contribution in [0.1, 0.15) is 33.6 Å². The van der Waals surface area contributed by atoms with E-state index in [1.54, 1.807) is 0 Å². The normalized spacial score (nSPS) is 39.9. The number of hydrogen-bond acceptors (Lipinski definition) is 4. The van der Waals surface area contributed by atoms with Gasteiger partial charge in [-0.15, -0.1) is 0 Å². The highest BCUT2D eigenvalue weighted by Gasteiger charge is 2.46. The average Bonchev–Trinajstić information content (AvgIpc) is 3.23. The monoisotopic (exact) mass is 295 g/mol. The summed E-state index contributed by atoms with van der Waals surface area (Å²) in [7, 11) is 2.21. The molecule has 2 heterocycles. The molecule has 3 aliphatic rings. The maximum atomic E-state index is 6.02. The second-order valence-corrected chi connectivity index (χ2v) is 8.07. The lowest BCUT2D eigenvalue weighted by Gasteiger charge is -2.49. The van der Waals surface area contributed by atoms with E-state index < -0.39 is 0 Å². The lowest BCUT2D eigenvalue weighted by atomic mass is 9.88. The highest BCUT2D eigenvalue weighted by Crippen LogP contribution is 2.41. The predicted molar refractivity (Wildman–Crippen MR) is 86.6 cm³/mol. The molecule has 1 saturated carbocycles. The summed E-state index contributed by atoms with van der Waals surface area (Å²) in [6.07, 6.45) is 3.20. The number of piperazine rings is 1. The van der Waals surface area contributed by atoms with E-state index in [2.05, 4.69) is 42.9 Å². The minimum absolute atomic E-state index is 0.325. The molecule has 4 nitrogen and oxygen atoms in total.